The lowest BCUT2D eigenvalue weighted by Gasteiger charge is -2.20. The largest absolute Gasteiger partial charge is 0.419 e. The van der Waals surface area contributed by atoms with Crippen molar-refractivity contribution in [1.82, 2.24) is 14.5 Å². The molecule has 8 nitrogen and oxygen atoms in total. The van der Waals surface area contributed by atoms with Gasteiger partial charge >= 0.3 is 12.2 Å². The van der Waals surface area contributed by atoms with Crippen LogP contribution in [0.25, 0.3) is 5.82 Å². The number of sulfone groups is 1. The van der Waals surface area contributed by atoms with E-state index in [0.29, 0.717) is 23.8 Å². The Morgan fingerprint density at radius 2 is 1.94 bits per heavy atom. The third-order valence-corrected chi connectivity index (χ3v) is 8.76. The summed E-state index contributed by atoms with van der Waals surface area (Å²) in [5.74, 6) is -2.71. The molecular weight excluding hydrogens is 509 g/mol. The number of aromatic nitrogens is 3. The molecule has 0 aliphatic carbocycles. The SMILES string of the molecule is CN(C(=O)Nc1cnc(-n2cnc([C@@]3(C)CCCS3(=O)=O)c2)c(F)c1)c1cccc(C(F)(F)F)c1F. The molecule has 1 saturated heterocycles. The van der Waals surface area contributed by atoms with Crippen molar-refractivity contribution < 1.29 is 35.2 Å². The lowest BCUT2D eigenvalue weighted by molar-refractivity contribution is -0.139. The molecule has 3 heterocycles. The van der Waals surface area contributed by atoms with E-state index in [1.165, 1.54) is 17.1 Å². The second-order valence-corrected chi connectivity index (χ2v) is 11.0. The molecule has 3 aromatic rings. The number of rotatable bonds is 4. The summed E-state index contributed by atoms with van der Waals surface area (Å²) in [5, 5.41) is 2.24. The molecule has 2 aromatic heterocycles. The normalized spacial score (nSPS) is 19.3. The molecule has 1 aromatic carbocycles. The summed E-state index contributed by atoms with van der Waals surface area (Å²) in [7, 11) is -2.36. The molecule has 4 rings (SSSR count). The summed E-state index contributed by atoms with van der Waals surface area (Å²) in [4.78, 5) is 21.2. The zero-order valence-corrected chi connectivity index (χ0v) is 19.8. The highest BCUT2D eigenvalue weighted by atomic mass is 32.2. The van der Waals surface area contributed by atoms with Gasteiger partial charge < -0.3 is 5.32 Å². The number of alkyl halides is 3. The number of nitrogens with zero attached hydrogens (tertiary/aromatic N) is 4. The van der Waals surface area contributed by atoms with Crippen molar-refractivity contribution in [3.8, 4) is 5.82 Å². The van der Waals surface area contributed by atoms with Crippen molar-refractivity contribution in [2.75, 3.05) is 23.0 Å². The molecule has 0 bridgehead atoms. The third-order valence-electron chi connectivity index (χ3n) is 6.15. The predicted octanol–water partition coefficient (Wildman–Crippen LogP) is 4.66. The number of amides is 2. The van der Waals surface area contributed by atoms with Gasteiger partial charge in [-0.15, -0.1) is 0 Å². The number of carbonyl (C=O) groups is 1. The van der Waals surface area contributed by atoms with E-state index in [9.17, 15) is 35.2 Å². The molecule has 1 N–H and O–H groups in total. The first-order valence-corrected chi connectivity index (χ1v) is 12.2. The van der Waals surface area contributed by atoms with Gasteiger partial charge in [0.25, 0.3) is 0 Å². The molecule has 0 radical (unpaired) electrons. The first-order valence-electron chi connectivity index (χ1n) is 10.6. The van der Waals surface area contributed by atoms with Crippen LogP contribution in [-0.2, 0) is 20.8 Å². The minimum atomic E-state index is -4.95. The van der Waals surface area contributed by atoms with Crippen LogP contribution in [-0.4, -0.2) is 41.8 Å². The predicted molar refractivity (Wildman–Crippen MR) is 121 cm³/mol. The number of halogens is 5. The zero-order valence-electron chi connectivity index (χ0n) is 19.0. The molecule has 0 saturated carbocycles. The van der Waals surface area contributed by atoms with E-state index in [4.69, 9.17) is 0 Å². The molecule has 1 atom stereocenters. The summed E-state index contributed by atoms with van der Waals surface area (Å²) in [5.41, 5.74) is -2.06. The number of benzene rings is 1. The quantitative estimate of drug-likeness (QED) is 0.496. The van der Waals surface area contributed by atoms with Gasteiger partial charge in [-0.05, 0) is 31.9 Å². The Morgan fingerprint density at radius 3 is 2.56 bits per heavy atom. The first kappa shape index (κ1) is 25.5. The van der Waals surface area contributed by atoms with Crippen LogP contribution >= 0.6 is 0 Å². The summed E-state index contributed by atoms with van der Waals surface area (Å²) >= 11 is 0. The second kappa shape index (κ2) is 8.84. The highest BCUT2D eigenvalue weighted by Gasteiger charge is 2.46. The number of hydrogen-bond acceptors (Lipinski definition) is 5. The number of hydrogen-bond donors (Lipinski definition) is 1. The van der Waals surface area contributed by atoms with E-state index in [-0.39, 0.29) is 23.0 Å². The van der Waals surface area contributed by atoms with E-state index in [1.54, 1.807) is 6.92 Å². The lowest BCUT2D eigenvalue weighted by atomic mass is 10.0. The number of urea groups is 1. The minimum Gasteiger partial charge on any atom is -0.306 e. The van der Waals surface area contributed by atoms with Crippen LogP contribution in [0.3, 0.4) is 0 Å². The van der Waals surface area contributed by atoms with Gasteiger partial charge in [0.05, 0.1) is 34.6 Å². The Bertz CT molecular complexity index is 1440. The van der Waals surface area contributed by atoms with Gasteiger partial charge in [0.1, 0.15) is 11.1 Å². The molecule has 1 aliphatic rings. The number of pyridine rings is 1. The van der Waals surface area contributed by atoms with Crippen molar-refractivity contribution >= 4 is 27.2 Å². The van der Waals surface area contributed by atoms with Crippen LogP contribution in [0.15, 0.2) is 43.0 Å². The third kappa shape index (κ3) is 4.40. The number of anilines is 2. The number of carbonyl (C=O) groups excluding carboxylic acids is 1. The topological polar surface area (TPSA) is 97.2 Å². The van der Waals surface area contributed by atoms with Crippen LogP contribution in [0.1, 0.15) is 31.0 Å². The lowest BCUT2D eigenvalue weighted by Crippen LogP contribution is -2.32. The van der Waals surface area contributed by atoms with E-state index in [1.807, 2.05) is 0 Å². The Balaban J connectivity index is 1.54. The fourth-order valence-electron chi connectivity index (χ4n) is 3.98. The average molecular weight is 529 g/mol. The fourth-order valence-corrected chi connectivity index (χ4v) is 5.84. The average Bonchev–Trinajstić information content (AvgIpc) is 3.38. The summed E-state index contributed by atoms with van der Waals surface area (Å²) in [6.07, 6.45) is -0.398. The molecule has 1 aliphatic heterocycles. The van der Waals surface area contributed by atoms with Gasteiger partial charge in [-0.3, -0.25) is 9.47 Å². The van der Waals surface area contributed by atoms with E-state index in [2.05, 4.69) is 15.3 Å². The van der Waals surface area contributed by atoms with Crippen LogP contribution < -0.4 is 10.2 Å². The van der Waals surface area contributed by atoms with E-state index < -0.39 is 49.7 Å². The Hall–Kier alpha value is -3.55. The number of imidazole rings is 1. The van der Waals surface area contributed by atoms with Gasteiger partial charge in [-0.1, -0.05) is 6.07 Å². The fraction of sp³-hybridized carbons (Fsp3) is 0.318. The van der Waals surface area contributed by atoms with E-state index in [0.717, 1.165) is 31.4 Å². The van der Waals surface area contributed by atoms with Gasteiger partial charge in [0.15, 0.2) is 27.3 Å². The molecule has 0 spiro atoms. The van der Waals surface area contributed by atoms with Crippen molar-refractivity contribution in [3.05, 3.63) is 65.9 Å². The van der Waals surface area contributed by atoms with E-state index >= 15 is 0 Å². The molecule has 192 valence electrons. The van der Waals surface area contributed by atoms with Crippen molar-refractivity contribution in [3.63, 3.8) is 0 Å². The van der Waals surface area contributed by atoms with Crippen molar-refractivity contribution in [2.45, 2.75) is 30.7 Å². The zero-order chi connectivity index (χ0) is 26.5. The number of nitrogens with one attached hydrogen (secondary N) is 1. The Labute approximate surface area is 202 Å². The Kier molecular flexibility index (Phi) is 6.27. The monoisotopic (exact) mass is 529 g/mol. The highest BCUT2D eigenvalue weighted by Crippen LogP contribution is 2.40. The summed E-state index contributed by atoms with van der Waals surface area (Å²) in [6, 6.07) is 2.37. The standard InChI is InChI=1S/C22H20F5N5O3S/c1-21(7-4-8-36(21,34)35)17-11-32(12-29-17)19-15(23)9-13(10-28-19)30-20(33)31(2)16-6-3-5-14(18(16)24)22(25,26)27/h3,5-6,9-12H,4,7-8H2,1-2H3,(H,30,33)/t21-/m1/s1. The van der Waals surface area contributed by atoms with Gasteiger partial charge in [0, 0.05) is 19.3 Å². The highest BCUT2D eigenvalue weighted by molar-refractivity contribution is 7.92. The van der Waals surface area contributed by atoms with Crippen LogP contribution in [0.5, 0.6) is 0 Å². The van der Waals surface area contributed by atoms with Crippen LogP contribution in [0.4, 0.5) is 38.1 Å². The molecule has 14 heteroatoms. The summed E-state index contributed by atoms with van der Waals surface area (Å²) in [6.45, 7) is 1.56. The molecule has 2 amide bonds. The van der Waals surface area contributed by atoms with Crippen LogP contribution in [0, 0.1) is 11.6 Å². The molecular formula is C22H20F5N5O3S. The smallest absolute Gasteiger partial charge is 0.306 e. The minimum absolute atomic E-state index is 0.0379. The summed E-state index contributed by atoms with van der Waals surface area (Å²) < 4.78 is 92.9. The Morgan fingerprint density at radius 1 is 1.22 bits per heavy atom. The molecule has 36 heavy (non-hydrogen) atoms. The van der Waals surface area contributed by atoms with Crippen LogP contribution in [0.2, 0.25) is 0 Å². The second-order valence-electron chi connectivity index (χ2n) is 8.47. The van der Waals surface area contributed by atoms with Gasteiger partial charge in [0.2, 0.25) is 0 Å². The maximum absolute atomic E-state index is 14.8. The van der Waals surface area contributed by atoms with Gasteiger partial charge in [-0.2, -0.15) is 13.2 Å². The molecule has 0 unspecified atom stereocenters. The van der Waals surface area contributed by atoms with Gasteiger partial charge in [-0.25, -0.2) is 32.0 Å². The maximum atomic E-state index is 14.8. The maximum Gasteiger partial charge on any atom is 0.419 e. The van der Waals surface area contributed by atoms with Crippen molar-refractivity contribution in [1.29, 1.82) is 0 Å². The van der Waals surface area contributed by atoms with Crippen molar-refractivity contribution in [2.24, 2.45) is 0 Å². The first-order chi connectivity index (χ1) is 16.7. The molecule has 1 fully saturated rings.